The summed E-state index contributed by atoms with van der Waals surface area (Å²) in [5.41, 5.74) is 1.94. The number of likely N-dealkylation sites (N-methyl/N-ethyl adjacent to an activating group) is 2. The fraction of sp³-hybridized carbons (Fsp3) is 0.250. The molecule has 0 aliphatic rings. The number of hydrogen-bond donors (Lipinski definition) is 2. The van der Waals surface area contributed by atoms with Crippen LogP contribution in [0.5, 0.6) is 0 Å². The quantitative estimate of drug-likeness (QED) is 0.876. The summed E-state index contributed by atoms with van der Waals surface area (Å²) in [6.45, 7) is 0. The third-order valence-corrected chi connectivity index (χ3v) is 3.41. The van der Waals surface area contributed by atoms with Crippen LogP contribution in [0.3, 0.4) is 0 Å². The highest BCUT2D eigenvalue weighted by atomic mass is 19.1. The molecule has 0 saturated carbocycles. The van der Waals surface area contributed by atoms with Gasteiger partial charge in [-0.25, -0.2) is 8.78 Å². The van der Waals surface area contributed by atoms with Gasteiger partial charge in [0, 0.05) is 0 Å². The molecule has 0 fully saturated rings. The molecule has 2 N–H and O–H groups in total. The van der Waals surface area contributed by atoms with Gasteiger partial charge in [-0.05, 0) is 49.5 Å². The molecule has 0 saturated heterocycles. The number of hydrogen-bond acceptors (Lipinski definition) is 2. The molecule has 0 amide bonds. The molecule has 4 heteroatoms. The predicted octanol–water partition coefficient (Wildman–Crippen LogP) is 3.19. The lowest BCUT2D eigenvalue weighted by atomic mass is 9.93. The lowest BCUT2D eigenvalue weighted by molar-refractivity contribution is 0.431. The fourth-order valence-corrected chi connectivity index (χ4v) is 2.39. The Morgan fingerprint density at radius 2 is 0.950 bits per heavy atom. The standard InChI is InChI=1S/C16H18F2N2/c1-19-15(11-3-7-13(17)8-4-11)16(20-2)12-5-9-14(18)10-6-12/h3-10,15-16,19-20H,1-2H3/t15-,16-/m1/s1. The minimum Gasteiger partial charge on any atom is -0.311 e. The topological polar surface area (TPSA) is 24.1 Å². The summed E-state index contributed by atoms with van der Waals surface area (Å²) in [4.78, 5) is 0. The van der Waals surface area contributed by atoms with Crippen molar-refractivity contribution in [3.8, 4) is 0 Å². The van der Waals surface area contributed by atoms with Gasteiger partial charge in [-0.1, -0.05) is 24.3 Å². The van der Waals surface area contributed by atoms with E-state index >= 15 is 0 Å². The summed E-state index contributed by atoms with van der Waals surface area (Å²) in [5.74, 6) is -0.516. The molecule has 2 nitrogen and oxygen atoms in total. The lowest BCUT2D eigenvalue weighted by Crippen LogP contribution is -2.31. The summed E-state index contributed by atoms with van der Waals surface area (Å²) in [6, 6.07) is 12.7. The van der Waals surface area contributed by atoms with Crippen LogP contribution in [0.25, 0.3) is 0 Å². The Bertz CT molecular complexity index is 486. The summed E-state index contributed by atoms with van der Waals surface area (Å²) >= 11 is 0. The van der Waals surface area contributed by atoms with Gasteiger partial charge < -0.3 is 10.6 Å². The van der Waals surface area contributed by atoms with Gasteiger partial charge in [-0.2, -0.15) is 0 Å². The van der Waals surface area contributed by atoms with Gasteiger partial charge in [-0.15, -0.1) is 0 Å². The van der Waals surface area contributed by atoms with Crippen molar-refractivity contribution in [2.24, 2.45) is 0 Å². The second-order valence-electron chi connectivity index (χ2n) is 4.64. The van der Waals surface area contributed by atoms with Gasteiger partial charge >= 0.3 is 0 Å². The molecular weight excluding hydrogens is 258 g/mol. The Hall–Kier alpha value is -1.78. The molecule has 0 aliphatic carbocycles. The van der Waals surface area contributed by atoms with Crippen molar-refractivity contribution in [3.05, 3.63) is 71.3 Å². The average molecular weight is 276 g/mol. The molecule has 2 aromatic carbocycles. The second kappa shape index (κ2) is 6.59. The molecule has 0 unspecified atom stereocenters. The van der Waals surface area contributed by atoms with Crippen molar-refractivity contribution in [2.45, 2.75) is 12.1 Å². The van der Waals surface area contributed by atoms with Crippen molar-refractivity contribution in [1.82, 2.24) is 10.6 Å². The molecule has 106 valence electrons. The van der Waals surface area contributed by atoms with Crippen molar-refractivity contribution in [1.29, 1.82) is 0 Å². The lowest BCUT2D eigenvalue weighted by Gasteiger charge is -2.27. The van der Waals surface area contributed by atoms with E-state index in [1.807, 2.05) is 14.1 Å². The highest BCUT2D eigenvalue weighted by Crippen LogP contribution is 2.28. The SMILES string of the molecule is CN[C@H](c1ccc(F)cc1)[C@H](NC)c1ccc(F)cc1. The molecule has 0 bridgehead atoms. The predicted molar refractivity (Wildman–Crippen MR) is 76.4 cm³/mol. The van der Waals surface area contributed by atoms with E-state index in [4.69, 9.17) is 0 Å². The Kier molecular flexibility index (Phi) is 4.82. The number of halogens is 2. The van der Waals surface area contributed by atoms with Crippen molar-refractivity contribution in [2.75, 3.05) is 14.1 Å². The number of rotatable bonds is 5. The molecule has 0 radical (unpaired) electrons. The monoisotopic (exact) mass is 276 g/mol. The van der Waals surface area contributed by atoms with Gasteiger partial charge in [0.1, 0.15) is 11.6 Å². The van der Waals surface area contributed by atoms with Gasteiger partial charge in [0.25, 0.3) is 0 Å². The first-order chi connectivity index (χ1) is 9.65. The fourth-order valence-electron chi connectivity index (χ4n) is 2.39. The van der Waals surface area contributed by atoms with Crippen LogP contribution in [0.1, 0.15) is 23.2 Å². The first-order valence-electron chi connectivity index (χ1n) is 6.51. The van der Waals surface area contributed by atoms with Crippen LogP contribution >= 0.6 is 0 Å². The van der Waals surface area contributed by atoms with E-state index < -0.39 is 0 Å². The van der Waals surface area contributed by atoms with Gasteiger partial charge in [0.05, 0.1) is 12.1 Å². The normalized spacial score (nSPS) is 14.0. The third kappa shape index (κ3) is 3.21. The minimum atomic E-state index is -0.258. The van der Waals surface area contributed by atoms with Crippen LogP contribution in [0.4, 0.5) is 8.78 Å². The summed E-state index contributed by atoms with van der Waals surface area (Å²) < 4.78 is 26.1. The van der Waals surface area contributed by atoms with Gasteiger partial charge in [0.2, 0.25) is 0 Å². The number of nitrogens with one attached hydrogen (secondary N) is 2. The van der Waals surface area contributed by atoms with Gasteiger partial charge in [0.15, 0.2) is 0 Å². The highest BCUT2D eigenvalue weighted by Gasteiger charge is 2.22. The third-order valence-electron chi connectivity index (χ3n) is 3.41. The highest BCUT2D eigenvalue weighted by molar-refractivity contribution is 5.28. The molecule has 2 rings (SSSR count). The van der Waals surface area contributed by atoms with E-state index in [-0.39, 0.29) is 23.7 Å². The maximum absolute atomic E-state index is 13.0. The van der Waals surface area contributed by atoms with Crippen LogP contribution in [0.2, 0.25) is 0 Å². The number of benzene rings is 2. The second-order valence-corrected chi connectivity index (χ2v) is 4.64. The first kappa shape index (κ1) is 14.6. The zero-order valence-electron chi connectivity index (χ0n) is 11.5. The van der Waals surface area contributed by atoms with Crippen LogP contribution in [0, 0.1) is 11.6 Å². The summed E-state index contributed by atoms with van der Waals surface area (Å²) in [6.07, 6.45) is 0. The van der Waals surface area contributed by atoms with Gasteiger partial charge in [-0.3, -0.25) is 0 Å². The van der Waals surface area contributed by atoms with Crippen LogP contribution in [-0.4, -0.2) is 14.1 Å². The molecule has 20 heavy (non-hydrogen) atoms. The van der Waals surface area contributed by atoms with Crippen LogP contribution in [-0.2, 0) is 0 Å². The maximum Gasteiger partial charge on any atom is 0.123 e. The molecular formula is C16H18F2N2. The van der Waals surface area contributed by atoms with E-state index in [9.17, 15) is 8.78 Å². The first-order valence-corrected chi connectivity index (χ1v) is 6.51. The van der Waals surface area contributed by atoms with E-state index in [0.717, 1.165) is 11.1 Å². The molecule has 2 atom stereocenters. The van der Waals surface area contributed by atoms with E-state index in [2.05, 4.69) is 10.6 Å². The minimum absolute atomic E-state index is 0.0361. The van der Waals surface area contributed by atoms with Crippen molar-refractivity contribution in [3.63, 3.8) is 0 Å². The zero-order valence-corrected chi connectivity index (χ0v) is 11.5. The van der Waals surface area contributed by atoms with E-state index in [0.29, 0.717) is 0 Å². The Morgan fingerprint density at radius 1 is 0.650 bits per heavy atom. The summed E-state index contributed by atoms with van der Waals surface area (Å²) in [7, 11) is 3.70. The molecule has 0 aromatic heterocycles. The van der Waals surface area contributed by atoms with E-state index in [1.165, 1.54) is 24.3 Å². The zero-order chi connectivity index (χ0) is 14.5. The van der Waals surface area contributed by atoms with Crippen molar-refractivity contribution < 1.29 is 8.78 Å². The Balaban J connectivity index is 2.32. The van der Waals surface area contributed by atoms with Crippen LogP contribution in [0.15, 0.2) is 48.5 Å². The van der Waals surface area contributed by atoms with Crippen LogP contribution < -0.4 is 10.6 Å². The summed E-state index contributed by atoms with van der Waals surface area (Å²) in [5, 5.41) is 6.45. The molecule has 0 spiro atoms. The Labute approximate surface area is 117 Å². The maximum atomic E-state index is 13.0. The molecule has 0 aliphatic heterocycles. The Morgan fingerprint density at radius 3 is 1.20 bits per heavy atom. The van der Waals surface area contributed by atoms with Crippen molar-refractivity contribution >= 4 is 0 Å². The molecule has 0 heterocycles. The molecule has 2 aromatic rings. The smallest absolute Gasteiger partial charge is 0.123 e. The largest absolute Gasteiger partial charge is 0.311 e. The average Bonchev–Trinajstić information content (AvgIpc) is 2.47. The van der Waals surface area contributed by atoms with E-state index in [1.54, 1.807) is 24.3 Å².